The molecule has 0 heterocycles. The fraction of sp³-hybridized carbons (Fsp3) is 1.00. The molecule has 3 fully saturated rings. The van der Waals surface area contributed by atoms with Crippen molar-refractivity contribution in [2.24, 2.45) is 22.7 Å². The molecule has 1 N–H and O–H groups in total. The van der Waals surface area contributed by atoms with E-state index in [2.05, 4.69) is 33.0 Å². The number of hydrogen-bond donors (Lipinski definition) is 1. The first-order chi connectivity index (χ1) is 7.97. The largest absolute Gasteiger partial charge is 0.310 e. The average Bonchev–Trinajstić information content (AvgIpc) is 2.98. The Hall–Kier alpha value is -0.0400. The third-order valence-corrected chi connectivity index (χ3v) is 6.28. The van der Waals surface area contributed by atoms with Crippen LogP contribution in [0.1, 0.15) is 66.2 Å². The molecule has 3 aliphatic carbocycles. The molecule has 0 aromatic heterocycles. The molecular weight excluding hydrogens is 206 g/mol. The van der Waals surface area contributed by atoms with Gasteiger partial charge in [-0.25, -0.2) is 0 Å². The highest BCUT2D eigenvalue weighted by atomic mass is 15.0. The molecular formula is C16H29N. The first-order valence-electron chi connectivity index (χ1n) is 7.73. The lowest BCUT2D eigenvalue weighted by Crippen LogP contribution is -2.54. The van der Waals surface area contributed by atoms with E-state index >= 15 is 0 Å². The van der Waals surface area contributed by atoms with E-state index in [4.69, 9.17) is 0 Å². The van der Waals surface area contributed by atoms with Crippen molar-refractivity contribution in [2.75, 3.05) is 0 Å². The zero-order chi connectivity index (χ0) is 12.3. The Morgan fingerprint density at radius 3 is 2.35 bits per heavy atom. The van der Waals surface area contributed by atoms with Crippen LogP contribution < -0.4 is 5.32 Å². The predicted molar refractivity (Wildman–Crippen MR) is 73.0 cm³/mol. The van der Waals surface area contributed by atoms with Crippen LogP contribution in [0, 0.1) is 22.7 Å². The summed E-state index contributed by atoms with van der Waals surface area (Å²) in [6.45, 7) is 9.93. The Kier molecular flexibility index (Phi) is 2.63. The quantitative estimate of drug-likeness (QED) is 0.777. The van der Waals surface area contributed by atoms with Gasteiger partial charge in [-0.3, -0.25) is 0 Å². The molecule has 0 aromatic rings. The monoisotopic (exact) mass is 235 g/mol. The van der Waals surface area contributed by atoms with Crippen molar-refractivity contribution in [3.05, 3.63) is 0 Å². The summed E-state index contributed by atoms with van der Waals surface area (Å²) in [7, 11) is 0. The number of nitrogens with one attached hydrogen (secondary N) is 1. The van der Waals surface area contributed by atoms with E-state index in [1.54, 1.807) is 0 Å². The molecule has 17 heavy (non-hydrogen) atoms. The van der Waals surface area contributed by atoms with Gasteiger partial charge in [-0.05, 0) is 61.2 Å². The van der Waals surface area contributed by atoms with Crippen LogP contribution >= 0.6 is 0 Å². The van der Waals surface area contributed by atoms with Crippen LogP contribution in [0.4, 0.5) is 0 Å². The minimum atomic E-state index is 0.523. The van der Waals surface area contributed by atoms with Gasteiger partial charge in [-0.15, -0.1) is 0 Å². The van der Waals surface area contributed by atoms with Gasteiger partial charge in [0.15, 0.2) is 0 Å². The summed E-state index contributed by atoms with van der Waals surface area (Å²) < 4.78 is 0. The maximum atomic E-state index is 4.09. The van der Waals surface area contributed by atoms with E-state index in [0.29, 0.717) is 10.8 Å². The third-order valence-electron chi connectivity index (χ3n) is 6.28. The second-order valence-electron chi connectivity index (χ2n) is 7.87. The molecule has 0 radical (unpaired) electrons. The summed E-state index contributed by atoms with van der Waals surface area (Å²) in [4.78, 5) is 0. The first kappa shape index (κ1) is 12.0. The molecule has 4 atom stereocenters. The first-order valence-corrected chi connectivity index (χ1v) is 7.73. The summed E-state index contributed by atoms with van der Waals surface area (Å²) >= 11 is 0. The Bertz CT molecular complexity index is 300. The van der Waals surface area contributed by atoms with Crippen molar-refractivity contribution in [1.82, 2.24) is 5.32 Å². The van der Waals surface area contributed by atoms with E-state index in [1.165, 1.54) is 38.5 Å². The van der Waals surface area contributed by atoms with Crippen LogP contribution in [0.25, 0.3) is 0 Å². The minimum Gasteiger partial charge on any atom is -0.310 e. The minimum absolute atomic E-state index is 0.523. The maximum Gasteiger partial charge on any atom is 0.0177 e. The molecule has 1 nitrogen and oxygen atoms in total. The van der Waals surface area contributed by atoms with Gasteiger partial charge in [0, 0.05) is 12.1 Å². The van der Waals surface area contributed by atoms with Crippen LogP contribution in [0.5, 0.6) is 0 Å². The molecule has 0 aromatic carbocycles. The lowest BCUT2D eigenvalue weighted by Gasteiger charge is -2.45. The van der Waals surface area contributed by atoms with Crippen molar-refractivity contribution < 1.29 is 0 Å². The highest BCUT2D eigenvalue weighted by Gasteiger charge is 2.59. The van der Waals surface area contributed by atoms with Crippen molar-refractivity contribution in [3.8, 4) is 0 Å². The summed E-state index contributed by atoms with van der Waals surface area (Å²) in [6.07, 6.45) is 8.66. The molecule has 0 spiro atoms. The van der Waals surface area contributed by atoms with Crippen molar-refractivity contribution in [1.29, 1.82) is 0 Å². The lowest BCUT2D eigenvalue weighted by atomic mass is 9.68. The second-order valence-corrected chi connectivity index (χ2v) is 7.87. The van der Waals surface area contributed by atoms with Crippen molar-refractivity contribution >= 4 is 0 Å². The zero-order valence-electron chi connectivity index (χ0n) is 12.1. The van der Waals surface area contributed by atoms with Gasteiger partial charge in [-0.1, -0.05) is 27.7 Å². The lowest BCUT2D eigenvalue weighted by molar-refractivity contribution is 0.0946. The van der Waals surface area contributed by atoms with Crippen LogP contribution in [-0.4, -0.2) is 12.1 Å². The maximum absolute atomic E-state index is 4.09. The van der Waals surface area contributed by atoms with Gasteiger partial charge < -0.3 is 5.32 Å². The average molecular weight is 235 g/mol. The summed E-state index contributed by atoms with van der Waals surface area (Å²) in [5, 5.41) is 4.09. The molecule has 3 aliphatic rings. The molecule has 0 aliphatic heterocycles. The highest BCUT2D eigenvalue weighted by molar-refractivity contribution is 5.13. The SMILES string of the molecule is CCC(NC1C2(C)CCC(C2)C1(C)C)C1CC1. The van der Waals surface area contributed by atoms with E-state index in [9.17, 15) is 0 Å². The van der Waals surface area contributed by atoms with Gasteiger partial charge in [-0.2, -0.15) is 0 Å². The van der Waals surface area contributed by atoms with Gasteiger partial charge in [0.05, 0.1) is 0 Å². The van der Waals surface area contributed by atoms with E-state index in [-0.39, 0.29) is 0 Å². The van der Waals surface area contributed by atoms with Crippen LogP contribution in [-0.2, 0) is 0 Å². The molecule has 1 heteroatoms. The van der Waals surface area contributed by atoms with E-state index < -0.39 is 0 Å². The molecule has 0 saturated heterocycles. The van der Waals surface area contributed by atoms with Gasteiger partial charge >= 0.3 is 0 Å². The topological polar surface area (TPSA) is 12.0 Å². The van der Waals surface area contributed by atoms with Gasteiger partial charge in [0.25, 0.3) is 0 Å². The van der Waals surface area contributed by atoms with Crippen LogP contribution in [0.2, 0.25) is 0 Å². The van der Waals surface area contributed by atoms with E-state index in [1.807, 2.05) is 0 Å². The number of fused-ring (bicyclic) bond motifs is 2. The molecule has 3 saturated carbocycles. The van der Waals surface area contributed by atoms with Crippen molar-refractivity contribution in [2.45, 2.75) is 78.3 Å². The Balaban J connectivity index is 1.76. The predicted octanol–water partition coefficient (Wildman–Crippen LogP) is 3.98. The fourth-order valence-corrected chi connectivity index (χ4v) is 5.02. The highest BCUT2D eigenvalue weighted by Crippen LogP contribution is 2.62. The Morgan fingerprint density at radius 2 is 1.88 bits per heavy atom. The van der Waals surface area contributed by atoms with Crippen molar-refractivity contribution in [3.63, 3.8) is 0 Å². The number of hydrogen-bond acceptors (Lipinski definition) is 1. The summed E-state index contributed by atoms with van der Waals surface area (Å²) in [5.41, 5.74) is 1.12. The summed E-state index contributed by atoms with van der Waals surface area (Å²) in [6, 6.07) is 1.56. The molecule has 0 amide bonds. The normalized spacial score (nSPS) is 45.2. The fourth-order valence-electron chi connectivity index (χ4n) is 5.02. The van der Waals surface area contributed by atoms with Gasteiger partial charge in [0.2, 0.25) is 0 Å². The molecule has 98 valence electrons. The molecule has 2 bridgehead atoms. The Morgan fingerprint density at radius 1 is 1.18 bits per heavy atom. The van der Waals surface area contributed by atoms with Crippen LogP contribution in [0.15, 0.2) is 0 Å². The standard InChI is InChI=1S/C16H29N/c1-5-13(11-6-7-11)17-14-15(2,3)12-8-9-16(14,4)10-12/h11-14,17H,5-10H2,1-4H3. The zero-order valence-corrected chi connectivity index (χ0v) is 12.1. The summed E-state index contributed by atoms with van der Waals surface area (Å²) in [5.74, 6) is 1.97. The molecule has 3 rings (SSSR count). The number of rotatable bonds is 4. The van der Waals surface area contributed by atoms with Gasteiger partial charge in [0.1, 0.15) is 0 Å². The smallest absolute Gasteiger partial charge is 0.0177 e. The molecule has 4 unspecified atom stereocenters. The Labute approximate surface area is 107 Å². The van der Waals surface area contributed by atoms with Crippen LogP contribution in [0.3, 0.4) is 0 Å². The third kappa shape index (κ3) is 1.77. The van der Waals surface area contributed by atoms with E-state index in [0.717, 1.165) is 23.9 Å². The second kappa shape index (κ2) is 3.73.